The Bertz CT molecular complexity index is 749. The number of rotatable bonds is 5. The van der Waals surface area contributed by atoms with E-state index in [1.165, 1.54) is 24.8 Å². The highest BCUT2D eigenvalue weighted by molar-refractivity contribution is 8.00. The molecule has 0 atom stereocenters. The van der Waals surface area contributed by atoms with Crippen LogP contribution in [0.4, 0.5) is 11.5 Å². The molecule has 0 unspecified atom stereocenters. The van der Waals surface area contributed by atoms with Gasteiger partial charge < -0.3 is 14.7 Å². The molecule has 25 heavy (non-hydrogen) atoms. The highest BCUT2D eigenvalue weighted by Crippen LogP contribution is 2.30. The normalized spacial score (nSPS) is 14.8. The monoisotopic (exact) mass is 377 g/mol. The Morgan fingerprint density at radius 2 is 1.92 bits per heavy atom. The molecule has 5 nitrogen and oxygen atoms in total. The maximum Gasteiger partial charge on any atom is 0.339 e. The first-order valence-electron chi connectivity index (χ1n) is 8.31. The van der Waals surface area contributed by atoms with Gasteiger partial charge in [-0.15, -0.1) is 0 Å². The Balaban J connectivity index is 1.79. The van der Waals surface area contributed by atoms with Crippen molar-refractivity contribution in [2.24, 2.45) is 0 Å². The summed E-state index contributed by atoms with van der Waals surface area (Å²) in [4.78, 5) is 19.1. The van der Waals surface area contributed by atoms with Gasteiger partial charge in [0.1, 0.15) is 11.4 Å². The van der Waals surface area contributed by atoms with Crippen LogP contribution in [0.5, 0.6) is 0 Å². The van der Waals surface area contributed by atoms with Gasteiger partial charge in [-0.3, -0.25) is 0 Å². The van der Waals surface area contributed by atoms with Crippen LogP contribution in [0.15, 0.2) is 41.4 Å². The van der Waals surface area contributed by atoms with Crippen LogP contribution < -0.4 is 9.62 Å². The number of carboxylic acid groups (broad SMARTS) is 1. The van der Waals surface area contributed by atoms with Gasteiger partial charge in [0, 0.05) is 18.0 Å². The van der Waals surface area contributed by atoms with Crippen LogP contribution in [-0.2, 0) is 0 Å². The fourth-order valence-electron chi connectivity index (χ4n) is 2.85. The molecule has 0 bridgehead atoms. The van der Waals surface area contributed by atoms with Gasteiger partial charge in [0.15, 0.2) is 0 Å². The summed E-state index contributed by atoms with van der Waals surface area (Å²) >= 11 is 7.47. The zero-order valence-electron chi connectivity index (χ0n) is 13.7. The minimum Gasteiger partial charge on any atom is -0.478 e. The Morgan fingerprint density at radius 3 is 2.60 bits per heavy atom. The number of nitrogens with zero attached hydrogens (tertiary/aromatic N) is 2. The highest BCUT2D eigenvalue weighted by atomic mass is 35.5. The van der Waals surface area contributed by atoms with E-state index < -0.39 is 5.97 Å². The molecule has 1 aliphatic heterocycles. The summed E-state index contributed by atoms with van der Waals surface area (Å²) in [6.45, 7) is 1.71. The molecule has 0 radical (unpaired) electrons. The summed E-state index contributed by atoms with van der Waals surface area (Å²) in [5, 5.41) is 10.2. The summed E-state index contributed by atoms with van der Waals surface area (Å²) in [6, 6.07) is 9.12. The summed E-state index contributed by atoms with van der Waals surface area (Å²) in [7, 11) is 0. The van der Waals surface area contributed by atoms with Crippen molar-refractivity contribution in [1.29, 1.82) is 0 Å². The molecule has 0 saturated carbocycles. The minimum absolute atomic E-state index is 0.228. The third-order valence-corrected chi connectivity index (χ3v) is 5.47. The van der Waals surface area contributed by atoms with Gasteiger partial charge >= 0.3 is 5.97 Å². The minimum atomic E-state index is -0.960. The predicted molar refractivity (Wildman–Crippen MR) is 103 cm³/mol. The van der Waals surface area contributed by atoms with Gasteiger partial charge in [-0.05, 0) is 43.0 Å². The van der Waals surface area contributed by atoms with E-state index in [0.29, 0.717) is 16.5 Å². The van der Waals surface area contributed by atoms with Gasteiger partial charge in [-0.1, -0.05) is 36.6 Å². The third-order valence-electron chi connectivity index (χ3n) is 4.12. The average molecular weight is 378 g/mol. The topological polar surface area (TPSA) is 65.5 Å². The highest BCUT2D eigenvalue weighted by Gasteiger charge is 2.19. The first kappa shape index (κ1) is 17.9. The molecule has 3 rings (SSSR count). The number of nitrogens with one attached hydrogen (secondary N) is 1. The molecule has 2 heterocycles. The van der Waals surface area contributed by atoms with Crippen LogP contribution in [0.3, 0.4) is 0 Å². The molecule has 0 spiro atoms. The molecule has 0 aliphatic carbocycles. The van der Waals surface area contributed by atoms with Gasteiger partial charge in [-0.2, -0.15) is 0 Å². The third kappa shape index (κ3) is 4.58. The van der Waals surface area contributed by atoms with Gasteiger partial charge in [0.25, 0.3) is 0 Å². The Labute approximate surface area is 156 Å². The zero-order valence-corrected chi connectivity index (χ0v) is 15.3. The van der Waals surface area contributed by atoms with E-state index in [0.717, 1.165) is 30.8 Å². The zero-order chi connectivity index (χ0) is 17.6. The van der Waals surface area contributed by atoms with E-state index in [2.05, 4.69) is 14.6 Å². The van der Waals surface area contributed by atoms with Crippen LogP contribution in [0.25, 0.3) is 0 Å². The molecule has 2 aromatic rings. The lowest BCUT2D eigenvalue weighted by molar-refractivity contribution is 0.0697. The number of benzene rings is 1. The summed E-state index contributed by atoms with van der Waals surface area (Å²) in [6.07, 6.45) is 6.20. The van der Waals surface area contributed by atoms with Crippen molar-refractivity contribution in [3.05, 3.63) is 47.1 Å². The quantitative estimate of drug-likeness (QED) is 0.720. The summed E-state index contributed by atoms with van der Waals surface area (Å²) in [5.41, 5.74) is 0.868. The maximum atomic E-state index is 11.7. The molecule has 1 saturated heterocycles. The molecule has 1 aromatic carbocycles. The van der Waals surface area contributed by atoms with Gasteiger partial charge in [0.05, 0.1) is 16.9 Å². The van der Waals surface area contributed by atoms with Crippen molar-refractivity contribution in [3.8, 4) is 0 Å². The number of carbonyl (C=O) groups is 1. The molecular weight excluding hydrogens is 358 g/mol. The van der Waals surface area contributed by atoms with E-state index >= 15 is 0 Å². The van der Waals surface area contributed by atoms with Crippen LogP contribution >= 0.6 is 23.5 Å². The summed E-state index contributed by atoms with van der Waals surface area (Å²) < 4.78 is 3.13. The second-order valence-electron chi connectivity index (χ2n) is 5.94. The maximum absolute atomic E-state index is 11.7. The van der Waals surface area contributed by atoms with Crippen molar-refractivity contribution in [3.63, 3.8) is 0 Å². The van der Waals surface area contributed by atoms with Crippen molar-refractivity contribution < 1.29 is 9.90 Å². The predicted octanol–water partition coefficient (Wildman–Crippen LogP) is 4.93. The number of halogens is 1. The Hall–Kier alpha value is -1.92. The average Bonchev–Trinajstić information content (AvgIpc) is 2.90. The first-order chi connectivity index (χ1) is 12.1. The number of anilines is 2. The van der Waals surface area contributed by atoms with Crippen molar-refractivity contribution in [1.82, 2.24) is 4.98 Å². The van der Waals surface area contributed by atoms with Gasteiger partial charge in [-0.25, -0.2) is 9.78 Å². The number of hydrogen-bond acceptors (Lipinski definition) is 5. The lowest BCUT2D eigenvalue weighted by atomic mass is 10.2. The first-order valence-corrected chi connectivity index (χ1v) is 9.50. The largest absolute Gasteiger partial charge is 0.478 e. The van der Waals surface area contributed by atoms with Crippen LogP contribution in [-0.4, -0.2) is 29.1 Å². The van der Waals surface area contributed by atoms with E-state index in [9.17, 15) is 9.90 Å². The molecule has 7 heteroatoms. The van der Waals surface area contributed by atoms with E-state index in [1.807, 2.05) is 24.3 Å². The SMILES string of the molecule is O=C(O)c1cc(NSc2ccccc2Cl)cnc1N1CCCCCC1. The van der Waals surface area contributed by atoms with E-state index in [4.69, 9.17) is 11.6 Å². The van der Waals surface area contributed by atoms with Crippen LogP contribution in [0.1, 0.15) is 36.0 Å². The number of carboxylic acids is 1. The number of aromatic nitrogens is 1. The van der Waals surface area contributed by atoms with Crippen molar-refractivity contribution in [2.75, 3.05) is 22.7 Å². The molecule has 2 N–H and O–H groups in total. The van der Waals surface area contributed by atoms with Crippen LogP contribution in [0, 0.1) is 0 Å². The lowest BCUT2D eigenvalue weighted by Gasteiger charge is -2.23. The Morgan fingerprint density at radius 1 is 1.20 bits per heavy atom. The number of hydrogen-bond donors (Lipinski definition) is 2. The lowest BCUT2D eigenvalue weighted by Crippen LogP contribution is -2.27. The molecule has 0 amide bonds. The fraction of sp³-hybridized carbons (Fsp3) is 0.333. The van der Waals surface area contributed by atoms with Crippen molar-refractivity contribution in [2.45, 2.75) is 30.6 Å². The van der Waals surface area contributed by atoms with Crippen LogP contribution in [0.2, 0.25) is 5.02 Å². The molecule has 1 aliphatic rings. The molecule has 1 aromatic heterocycles. The van der Waals surface area contributed by atoms with E-state index in [1.54, 1.807) is 12.3 Å². The van der Waals surface area contributed by atoms with Crippen molar-refractivity contribution >= 4 is 41.0 Å². The summed E-state index contributed by atoms with van der Waals surface area (Å²) in [5.74, 6) is -0.402. The smallest absolute Gasteiger partial charge is 0.339 e. The second kappa shape index (κ2) is 8.45. The molecule has 132 valence electrons. The standard InChI is InChI=1S/C18H20ClN3O2S/c19-15-7-3-4-8-16(15)25-21-13-11-14(18(23)24)17(20-12-13)22-9-5-1-2-6-10-22/h3-4,7-8,11-12,21H,1-2,5-6,9-10H2,(H,23,24). The number of pyridine rings is 1. The number of aromatic carboxylic acids is 1. The van der Waals surface area contributed by atoms with Gasteiger partial charge in [0.2, 0.25) is 0 Å². The second-order valence-corrected chi connectivity index (χ2v) is 7.19. The Kier molecular flexibility index (Phi) is 6.04. The van der Waals surface area contributed by atoms with E-state index in [-0.39, 0.29) is 5.56 Å². The molecule has 1 fully saturated rings. The molecular formula is C18H20ClN3O2S. The fourth-order valence-corrected chi connectivity index (χ4v) is 3.75.